The summed E-state index contributed by atoms with van der Waals surface area (Å²) in [6.45, 7) is 0. The number of para-hydroxylation sites is 4. The first kappa shape index (κ1) is 36.5. The molecule has 0 spiro atoms. The second-order valence-electron chi connectivity index (χ2n) is 17.2. The molecule has 0 saturated heterocycles. The summed E-state index contributed by atoms with van der Waals surface area (Å²) in [6, 6.07) is 87.4. The normalized spacial score (nSPS) is 13.4. The van der Waals surface area contributed by atoms with Crippen LogP contribution in [0.1, 0.15) is 22.6 Å². The van der Waals surface area contributed by atoms with Crippen LogP contribution in [0.5, 0.6) is 0 Å². The van der Waals surface area contributed by atoms with Crippen molar-refractivity contribution in [1.82, 2.24) is 9.13 Å². The van der Waals surface area contributed by atoms with Crippen LogP contribution in [0.4, 0.5) is 0 Å². The van der Waals surface area contributed by atoms with E-state index >= 15 is 0 Å². The van der Waals surface area contributed by atoms with Gasteiger partial charge < -0.3 is 9.13 Å². The Morgan fingerprint density at radius 1 is 0.312 bits per heavy atom. The maximum absolute atomic E-state index is 2.48. The zero-order valence-corrected chi connectivity index (χ0v) is 35.2. The molecule has 0 aliphatic heterocycles. The first-order valence-electron chi connectivity index (χ1n) is 22.3. The highest BCUT2D eigenvalue weighted by Gasteiger charge is 2.27. The lowest BCUT2D eigenvalue weighted by Gasteiger charge is -2.29. The van der Waals surface area contributed by atoms with Gasteiger partial charge in [0.2, 0.25) is 0 Å². The number of aromatic nitrogens is 2. The van der Waals surface area contributed by atoms with Gasteiger partial charge in [-0.15, -0.1) is 0 Å². The summed E-state index contributed by atoms with van der Waals surface area (Å²) in [7, 11) is 0. The summed E-state index contributed by atoms with van der Waals surface area (Å²) in [6.07, 6.45) is 0.968. The van der Waals surface area contributed by atoms with Gasteiger partial charge in [0.25, 0.3) is 0 Å². The fourth-order valence-corrected chi connectivity index (χ4v) is 10.7. The number of nitrogens with zero attached hydrogens (tertiary/aromatic N) is 2. The second kappa shape index (κ2) is 14.7. The molecule has 2 aromatic heterocycles. The number of rotatable bonds is 6. The maximum atomic E-state index is 2.48. The van der Waals surface area contributed by atoms with E-state index in [-0.39, 0.29) is 0 Å². The molecule has 13 rings (SSSR count). The van der Waals surface area contributed by atoms with Crippen LogP contribution < -0.4 is 0 Å². The Hall–Kier alpha value is -8.20. The van der Waals surface area contributed by atoms with Crippen molar-refractivity contribution in [2.75, 3.05) is 0 Å². The van der Waals surface area contributed by atoms with E-state index in [1.165, 1.54) is 116 Å². The molecule has 0 amide bonds. The largest absolute Gasteiger partial charge is 0.309 e. The molecule has 64 heavy (non-hydrogen) atoms. The predicted molar refractivity (Wildman–Crippen MR) is 269 cm³/mol. The van der Waals surface area contributed by atoms with Gasteiger partial charge in [-0.1, -0.05) is 176 Å². The van der Waals surface area contributed by atoms with E-state index in [0.717, 1.165) is 6.42 Å². The van der Waals surface area contributed by atoms with Crippen LogP contribution in [0.2, 0.25) is 0 Å². The van der Waals surface area contributed by atoms with Crippen LogP contribution in [0.15, 0.2) is 237 Å². The first-order chi connectivity index (χ1) is 31.7. The Labute approximate surface area is 372 Å². The maximum Gasteiger partial charge on any atom is 0.0541 e. The molecule has 300 valence electrons. The minimum atomic E-state index is 0.297. The molecule has 0 bridgehead atoms. The molecule has 1 unspecified atom stereocenters. The Bertz CT molecular complexity index is 3740. The van der Waals surface area contributed by atoms with Crippen molar-refractivity contribution < 1.29 is 0 Å². The van der Waals surface area contributed by atoms with E-state index < -0.39 is 0 Å². The molecule has 0 fully saturated rings. The molecule has 1 atom stereocenters. The van der Waals surface area contributed by atoms with E-state index in [0.29, 0.717) is 5.92 Å². The third-order valence-corrected chi connectivity index (χ3v) is 13.7. The Morgan fingerprint density at radius 2 is 0.828 bits per heavy atom. The van der Waals surface area contributed by atoms with Crippen LogP contribution in [-0.2, 0) is 6.42 Å². The quantitative estimate of drug-likeness (QED) is 0.158. The van der Waals surface area contributed by atoms with Crippen molar-refractivity contribution in [3.63, 3.8) is 0 Å². The van der Waals surface area contributed by atoms with Gasteiger partial charge in [0, 0.05) is 38.7 Å². The molecule has 10 aromatic carbocycles. The molecule has 2 heterocycles. The van der Waals surface area contributed by atoms with Gasteiger partial charge in [-0.25, -0.2) is 0 Å². The van der Waals surface area contributed by atoms with E-state index in [4.69, 9.17) is 0 Å². The average Bonchev–Trinajstić information content (AvgIpc) is 3.89. The van der Waals surface area contributed by atoms with Crippen LogP contribution in [0.3, 0.4) is 0 Å². The number of benzene rings is 10. The number of fused-ring (bicyclic) bond motifs is 9. The summed E-state index contributed by atoms with van der Waals surface area (Å²) in [5.41, 5.74) is 21.3. The molecule has 1 aliphatic rings. The third kappa shape index (κ3) is 5.80. The molecular formula is C62H42N2. The summed E-state index contributed by atoms with van der Waals surface area (Å²) >= 11 is 0. The number of hydrogen-bond acceptors (Lipinski definition) is 0. The second-order valence-corrected chi connectivity index (χ2v) is 17.2. The zero-order chi connectivity index (χ0) is 42.1. The molecule has 2 heteroatoms. The highest BCUT2D eigenvalue weighted by atomic mass is 15.0. The topological polar surface area (TPSA) is 9.86 Å². The van der Waals surface area contributed by atoms with Gasteiger partial charge in [0.15, 0.2) is 0 Å². The van der Waals surface area contributed by atoms with Gasteiger partial charge >= 0.3 is 0 Å². The summed E-state index contributed by atoms with van der Waals surface area (Å²) in [4.78, 5) is 0. The lowest BCUT2D eigenvalue weighted by atomic mass is 9.75. The van der Waals surface area contributed by atoms with Crippen molar-refractivity contribution in [3.8, 4) is 55.9 Å². The van der Waals surface area contributed by atoms with Crippen molar-refractivity contribution in [3.05, 3.63) is 253 Å². The highest BCUT2D eigenvalue weighted by Crippen LogP contribution is 2.46. The molecule has 0 N–H and O–H groups in total. The molecule has 0 radical (unpaired) electrons. The minimum Gasteiger partial charge on any atom is -0.309 e. The Morgan fingerprint density at radius 3 is 1.55 bits per heavy atom. The minimum absolute atomic E-state index is 0.297. The monoisotopic (exact) mass is 814 g/mol. The van der Waals surface area contributed by atoms with Gasteiger partial charge in [0.1, 0.15) is 0 Å². The van der Waals surface area contributed by atoms with Gasteiger partial charge in [0.05, 0.1) is 27.8 Å². The smallest absolute Gasteiger partial charge is 0.0541 e. The van der Waals surface area contributed by atoms with Crippen LogP contribution in [-0.4, -0.2) is 9.13 Å². The fraction of sp³-hybridized carbons (Fsp3) is 0.0323. The average molecular weight is 815 g/mol. The van der Waals surface area contributed by atoms with E-state index in [2.05, 4.69) is 246 Å². The standard InChI is InChI=1S/C62H42N2/c1-3-15-41(16-4-1)42-27-29-43(30-28-42)54-40-47-32-31-46(39-55(47)51-21-8-7-20-50(51)54)49-19-9-12-24-58(49)64-60-26-14-11-23-53(60)57-38-45(34-36-62(57)64)44-33-35-61-56(37-44)52-22-10-13-25-59(52)63(61)48-17-5-2-6-18-48/h1-39,54H,40H2. The molecule has 1 aliphatic carbocycles. The molecule has 2 nitrogen and oxygen atoms in total. The molecule has 12 aromatic rings. The third-order valence-electron chi connectivity index (χ3n) is 13.7. The summed E-state index contributed by atoms with van der Waals surface area (Å²) in [5.74, 6) is 0.297. The van der Waals surface area contributed by atoms with E-state index in [9.17, 15) is 0 Å². The Kier molecular flexibility index (Phi) is 8.39. The van der Waals surface area contributed by atoms with Crippen LogP contribution in [0.25, 0.3) is 99.5 Å². The van der Waals surface area contributed by atoms with Crippen molar-refractivity contribution in [1.29, 1.82) is 0 Å². The van der Waals surface area contributed by atoms with Gasteiger partial charge in [-0.2, -0.15) is 0 Å². The SMILES string of the molecule is c1ccc(-c2ccc(C3Cc4ccc(-c5ccccc5-n5c6ccccc6c6cc(-c7ccc8c(c7)c7ccccc7n8-c7ccccc7)ccc65)cc4-c4ccccc43)cc2)cc1. The van der Waals surface area contributed by atoms with Crippen molar-refractivity contribution in [2.45, 2.75) is 12.3 Å². The van der Waals surface area contributed by atoms with Gasteiger partial charge in [-0.3, -0.25) is 0 Å². The lowest BCUT2D eigenvalue weighted by Crippen LogP contribution is -2.12. The lowest BCUT2D eigenvalue weighted by molar-refractivity contribution is 0.794. The van der Waals surface area contributed by atoms with Gasteiger partial charge in [-0.05, 0) is 123 Å². The van der Waals surface area contributed by atoms with Crippen LogP contribution in [0, 0.1) is 0 Å². The summed E-state index contributed by atoms with van der Waals surface area (Å²) < 4.78 is 4.86. The predicted octanol–water partition coefficient (Wildman–Crippen LogP) is 16.2. The van der Waals surface area contributed by atoms with E-state index in [1.54, 1.807) is 0 Å². The molecule has 0 saturated carbocycles. The molecular weight excluding hydrogens is 773 g/mol. The fourth-order valence-electron chi connectivity index (χ4n) is 10.7. The van der Waals surface area contributed by atoms with Crippen molar-refractivity contribution >= 4 is 43.6 Å². The van der Waals surface area contributed by atoms with E-state index in [1.807, 2.05) is 0 Å². The van der Waals surface area contributed by atoms with Crippen molar-refractivity contribution in [2.24, 2.45) is 0 Å². The zero-order valence-electron chi connectivity index (χ0n) is 35.2. The van der Waals surface area contributed by atoms with Crippen LogP contribution >= 0.6 is 0 Å². The summed E-state index contributed by atoms with van der Waals surface area (Å²) in [5, 5.41) is 5.01. The Balaban J connectivity index is 0.899. The highest BCUT2D eigenvalue weighted by molar-refractivity contribution is 6.13. The number of hydrogen-bond donors (Lipinski definition) is 0. The first-order valence-corrected chi connectivity index (χ1v) is 22.3.